The van der Waals surface area contributed by atoms with E-state index < -0.39 is 6.10 Å². The van der Waals surface area contributed by atoms with Crippen LogP contribution in [0.4, 0.5) is 5.69 Å². The molecular formula is C15H19N3O2. The molecule has 20 heavy (non-hydrogen) atoms. The van der Waals surface area contributed by atoms with Gasteiger partial charge in [-0.1, -0.05) is 13.8 Å². The molecule has 0 aliphatic carbocycles. The Morgan fingerprint density at radius 2 is 1.90 bits per heavy atom. The average molecular weight is 273 g/mol. The molecule has 1 aromatic rings. The van der Waals surface area contributed by atoms with E-state index >= 15 is 0 Å². The van der Waals surface area contributed by atoms with Crippen LogP contribution in [0, 0.1) is 28.6 Å². The van der Waals surface area contributed by atoms with Crippen LogP contribution in [-0.4, -0.2) is 31.0 Å². The maximum Gasteiger partial charge on any atom is 0.101 e. The minimum Gasteiger partial charge on any atom is -0.389 e. The molecule has 0 aliphatic heterocycles. The van der Waals surface area contributed by atoms with Crippen molar-refractivity contribution >= 4 is 5.69 Å². The van der Waals surface area contributed by atoms with Crippen LogP contribution < -0.4 is 5.32 Å². The maximum atomic E-state index is 9.75. The second-order valence-corrected chi connectivity index (χ2v) is 4.95. The molecule has 0 saturated heterocycles. The van der Waals surface area contributed by atoms with Gasteiger partial charge < -0.3 is 15.2 Å². The van der Waals surface area contributed by atoms with Crippen LogP contribution in [0.5, 0.6) is 0 Å². The number of nitriles is 2. The van der Waals surface area contributed by atoms with Gasteiger partial charge in [0, 0.05) is 18.8 Å². The number of hydrogen-bond donors (Lipinski definition) is 2. The zero-order valence-corrected chi connectivity index (χ0v) is 11.8. The molecule has 1 unspecified atom stereocenters. The van der Waals surface area contributed by atoms with Gasteiger partial charge in [-0.05, 0) is 24.1 Å². The Labute approximate surface area is 119 Å². The molecule has 0 amide bonds. The Balaban J connectivity index is 2.46. The minimum atomic E-state index is -0.616. The van der Waals surface area contributed by atoms with Gasteiger partial charge in [-0.25, -0.2) is 0 Å². The molecule has 0 spiro atoms. The number of ether oxygens (including phenoxy) is 1. The second-order valence-electron chi connectivity index (χ2n) is 4.95. The fraction of sp³-hybridized carbons (Fsp3) is 0.467. The zero-order valence-electron chi connectivity index (χ0n) is 11.8. The Morgan fingerprint density at radius 1 is 1.20 bits per heavy atom. The third-order valence-electron chi connectivity index (χ3n) is 2.56. The first-order valence-electron chi connectivity index (χ1n) is 6.50. The number of nitrogens with one attached hydrogen (secondary N) is 1. The first-order valence-corrected chi connectivity index (χ1v) is 6.50. The lowest BCUT2D eigenvalue weighted by molar-refractivity contribution is 0.0318. The van der Waals surface area contributed by atoms with Gasteiger partial charge in [-0.3, -0.25) is 0 Å². The third-order valence-corrected chi connectivity index (χ3v) is 2.56. The Kier molecular flexibility index (Phi) is 6.52. The van der Waals surface area contributed by atoms with E-state index in [0.717, 1.165) is 0 Å². The lowest BCUT2D eigenvalue weighted by Crippen LogP contribution is -2.25. The van der Waals surface area contributed by atoms with Gasteiger partial charge in [0.1, 0.15) is 12.1 Å². The van der Waals surface area contributed by atoms with Gasteiger partial charge in [0.2, 0.25) is 0 Å². The molecule has 0 aliphatic rings. The lowest BCUT2D eigenvalue weighted by atomic mass is 10.1. The van der Waals surface area contributed by atoms with Crippen LogP contribution in [0.3, 0.4) is 0 Å². The molecule has 106 valence electrons. The summed E-state index contributed by atoms with van der Waals surface area (Å²) in [5, 5.41) is 30.5. The van der Waals surface area contributed by atoms with Gasteiger partial charge in [0.05, 0.1) is 23.8 Å². The summed E-state index contributed by atoms with van der Waals surface area (Å²) in [6, 6.07) is 8.82. The van der Waals surface area contributed by atoms with E-state index in [1.807, 2.05) is 26.0 Å². The second kappa shape index (κ2) is 8.16. The summed E-state index contributed by atoms with van der Waals surface area (Å²) in [5.74, 6) is 0.437. The first-order chi connectivity index (χ1) is 9.56. The standard InChI is InChI=1S/C15H19N3O2/c1-11(2)9-20-10-15(19)8-18-14-4-3-12(6-16)13(5-14)7-17/h3-5,11,15,18-19H,8-10H2,1-2H3. The maximum absolute atomic E-state index is 9.75. The van der Waals surface area contributed by atoms with Gasteiger partial charge in [-0.2, -0.15) is 10.5 Å². The number of rotatable bonds is 7. The summed E-state index contributed by atoms with van der Waals surface area (Å²) in [6.45, 7) is 5.31. The zero-order chi connectivity index (χ0) is 15.0. The van der Waals surface area contributed by atoms with Gasteiger partial charge in [0.25, 0.3) is 0 Å². The van der Waals surface area contributed by atoms with E-state index in [4.69, 9.17) is 15.3 Å². The van der Waals surface area contributed by atoms with Crippen LogP contribution in [0.25, 0.3) is 0 Å². The highest BCUT2D eigenvalue weighted by Gasteiger charge is 2.07. The minimum absolute atomic E-state index is 0.270. The topological polar surface area (TPSA) is 89.1 Å². The fourth-order valence-electron chi connectivity index (χ4n) is 1.58. The molecule has 0 bridgehead atoms. The number of benzene rings is 1. The van der Waals surface area contributed by atoms with Crippen molar-refractivity contribution in [1.29, 1.82) is 10.5 Å². The first kappa shape index (κ1) is 16.0. The van der Waals surface area contributed by atoms with Crippen LogP contribution >= 0.6 is 0 Å². The Morgan fingerprint density at radius 3 is 2.50 bits per heavy atom. The smallest absolute Gasteiger partial charge is 0.101 e. The van der Waals surface area contributed by atoms with Crippen LogP contribution in [0.1, 0.15) is 25.0 Å². The molecule has 1 aromatic carbocycles. The van der Waals surface area contributed by atoms with E-state index in [1.165, 1.54) is 0 Å². The fourth-order valence-corrected chi connectivity index (χ4v) is 1.58. The van der Waals surface area contributed by atoms with Crippen molar-refractivity contribution in [3.8, 4) is 12.1 Å². The van der Waals surface area contributed by atoms with Crippen molar-refractivity contribution in [3.05, 3.63) is 29.3 Å². The monoisotopic (exact) mass is 273 g/mol. The molecule has 5 nitrogen and oxygen atoms in total. The van der Waals surface area contributed by atoms with Crippen molar-refractivity contribution in [1.82, 2.24) is 0 Å². The van der Waals surface area contributed by atoms with Gasteiger partial charge in [-0.15, -0.1) is 0 Å². The summed E-state index contributed by atoms with van der Waals surface area (Å²) in [5.41, 5.74) is 1.37. The van der Waals surface area contributed by atoms with Crippen molar-refractivity contribution in [3.63, 3.8) is 0 Å². The molecule has 0 heterocycles. The molecular weight excluding hydrogens is 254 g/mol. The van der Waals surface area contributed by atoms with E-state index in [2.05, 4.69) is 5.32 Å². The van der Waals surface area contributed by atoms with Crippen molar-refractivity contribution in [2.24, 2.45) is 5.92 Å². The van der Waals surface area contributed by atoms with E-state index in [9.17, 15) is 5.11 Å². The van der Waals surface area contributed by atoms with Crippen molar-refractivity contribution in [2.75, 3.05) is 25.1 Å². The predicted molar refractivity (Wildman–Crippen MR) is 76.0 cm³/mol. The predicted octanol–water partition coefficient (Wildman–Crippen LogP) is 1.88. The third kappa shape index (κ3) is 5.27. The van der Waals surface area contributed by atoms with E-state index in [-0.39, 0.29) is 6.61 Å². The lowest BCUT2D eigenvalue weighted by Gasteiger charge is -2.14. The summed E-state index contributed by atoms with van der Waals surface area (Å²) in [7, 11) is 0. The van der Waals surface area contributed by atoms with Crippen LogP contribution in [-0.2, 0) is 4.74 Å². The highest BCUT2D eigenvalue weighted by Crippen LogP contribution is 2.14. The number of nitrogens with zero attached hydrogens (tertiary/aromatic N) is 2. The molecule has 5 heteroatoms. The molecule has 2 N–H and O–H groups in total. The number of anilines is 1. The van der Waals surface area contributed by atoms with Crippen LogP contribution in [0.2, 0.25) is 0 Å². The summed E-state index contributed by atoms with van der Waals surface area (Å²) in [4.78, 5) is 0. The van der Waals surface area contributed by atoms with Gasteiger partial charge in [0.15, 0.2) is 0 Å². The quantitative estimate of drug-likeness (QED) is 0.791. The van der Waals surface area contributed by atoms with Crippen molar-refractivity contribution < 1.29 is 9.84 Å². The molecule has 1 rings (SSSR count). The van der Waals surface area contributed by atoms with Gasteiger partial charge >= 0.3 is 0 Å². The summed E-state index contributed by atoms with van der Waals surface area (Å²) >= 11 is 0. The highest BCUT2D eigenvalue weighted by molar-refractivity contribution is 5.56. The number of aliphatic hydroxyl groups is 1. The molecule has 0 aromatic heterocycles. The molecule has 0 saturated carbocycles. The summed E-state index contributed by atoms with van der Waals surface area (Å²) < 4.78 is 5.34. The highest BCUT2D eigenvalue weighted by atomic mass is 16.5. The van der Waals surface area contributed by atoms with Crippen LogP contribution in [0.15, 0.2) is 18.2 Å². The normalized spacial score (nSPS) is 11.7. The molecule has 0 radical (unpaired) electrons. The van der Waals surface area contributed by atoms with E-state index in [0.29, 0.717) is 35.9 Å². The summed E-state index contributed by atoms with van der Waals surface area (Å²) in [6.07, 6.45) is -0.616. The SMILES string of the molecule is CC(C)COCC(O)CNc1ccc(C#N)c(C#N)c1. The number of hydrogen-bond acceptors (Lipinski definition) is 5. The average Bonchev–Trinajstić information content (AvgIpc) is 2.44. The molecule has 0 fully saturated rings. The Hall–Kier alpha value is -2.08. The number of aliphatic hydroxyl groups excluding tert-OH is 1. The Bertz CT molecular complexity index is 515. The largest absolute Gasteiger partial charge is 0.389 e. The molecule has 1 atom stereocenters. The van der Waals surface area contributed by atoms with E-state index in [1.54, 1.807) is 18.2 Å². The van der Waals surface area contributed by atoms with Crippen molar-refractivity contribution in [2.45, 2.75) is 20.0 Å².